The van der Waals surface area contributed by atoms with E-state index in [4.69, 9.17) is 4.42 Å². The second-order valence-electron chi connectivity index (χ2n) is 3.63. The Bertz CT molecular complexity index is 494. The molecule has 1 aromatic carbocycles. The van der Waals surface area contributed by atoms with Crippen molar-refractivity contribution in [2.45, 2.75) is 13.5 Å². The Morgan fingerprint density at radius 2 is 2.25 bits per heavy atom. The fraction of sp³-hybridized carbons (Fsp3) is 0.250. The Morgan fingerprint density at radius 1 is 1.44 bits per heavy atom. The zero-order valence-corrected chi connectivity index (χ0v) is 10.8. The van der Waals surface area contributed by atoms with Crippen LogP contribution in [0.4, 0.5) is 0 Å². The van der Waals surface area contributed by atoms with Gasteiger partial charge >= 0.3 is 0 Å². The molecule has 0 atom stereocenters. The number of aromatic nitrogens is 1. The highest BCUT2D eigenvalue weighted by Crippen LogP contribution is 2.29. The van der Waals surface area contributed by atoms with Gasteiger partial charge < -0.3 is 9.73 Å². The molecule has 3 nitrogen and oxygen atoms in total. The lowest BCUT2D eigenvalue weighted by molar-refractivity contribution is 0.490. The summed E-state index contributed by atoms with van der Waals surface area (Å²) in [6, 6.07) is 6.15. The van der Waals surface area contributed by atoms with Gasteiger partial charge in [-0.3, -0.25) is 0 Å². The molecule has 16 heavy (non-hydrogen) atoms. The lowest BCUT2D eigenvalue weighted by Gasteiger charge is -2.01. The highest BCUT2D eigenvalue weighted by Gasteiger charge is 2.09. The number of nitrogens with one attached hydrogen (secondary N) is 1. The number of oxazole rings is 1. The van der Waals surface area contributed by atoms with Gasteiger partial charge in [0.25, 0.3) is 0 Å². The van der Waals surface area contributed by atoms with E-state index in [1.54, 1.807) is 6.20 Å². The molecule has 0 fully saturated rings. The number of hydrogen-bond acceptors (Lipinski definition) is 3. The molecule has 0 aliphatic rings. The van der Waals surface area contributed by atoms with Crippen molar-refractivity contribution in [1.82, 2.24) is 10.3 Å². The molecule has 1 N–H and O–H groups in total. The zero-order valence-electron chi connectivity index (χ0n) is 9.25. The van der Waals surface area contributed by atoms with Crippen LogP contribution in [-0.2, 0) is 6.54 Å². The Balaban J connectivity index is 2.38. The molecular weight excluding hydrogens is 268 g/mol. The van der Waals surface area contributed by atoms with E-state index in [1.807, 2.05) is 13.1 Å². The molecule has 0 radical (unpaired) electrons. The molecule has 1 heterocycles. The van der Waals surface area contributed by atoms with Gasteiger partial charge in [-0.15, -0.1) is 0 Å². The molecule has 0 amide bonds. The summed E-state index contributed by atoms with van der Waals surface area (Å²) in [7, 11) is 1.87. The average molecular weight is 281 g/mol. The molecule has 0 bridgehead atoms. The number of nitrogens with zero attached hydrogens (tertiary/aromatic N) is 1. The Kier molecular flexibility index (Phi) is 3.41. The van der Waals surface area contributed by atoms with Gasteiger partial charge in [0, 0.05) is 10.0 Å². The summed E-state index contributed by atoms with van der Waals surface area (Å²) in [6.07, 6.45) is 1.76. The lowest BCUT2D eigenvalue weighted by Crippen LogP contribution is -2.04. The van der Waals surface area contributed by atoms with E-state index in [2.05, 4.69) is 45.3 Å². The number of hydrogen-bond donors (Lipinski definition) is 1. The zero-order chi connectivity index (χ0) is 11.5. The van der Waals surface area contributed by atoms with Crippen molar-refractivity contribution in [1.29, 1.82) is 0 Å². The number of rotatable bonds is 3. The summed E-state index contributed by atoms with van der Waals surface area (Å²) in [5.74, 6) is 1.49. The first-order chi connectivity index (χ1) is 7.70. The second kappa shape index (κ2) is 4.80. The molecule has 4 heteroatoms. The van der Waals surface area contributed by atoms with Crippen molar-refractivity contribution in [3.05, 3.63) is 40.3 Å². The molecule has 2 aromatic rings. The first-order valence-electron chi connectivity index (χ1n) is 5.06. The largest absolute Gasteiger partial charge is 0.439 e. The highest BCUT2D eigenvalue weighted by molar-refractivity contribution is 9.10. The Labute approximate surface area is 103 Å². The molecule has 0 spiro atoms. The molecular formula is C12H13BrN2O. The number of halogens is 1. The molecule has 0 aliphatic heterocycles. The van der Waals surface area contributed by atoms with E-state index in [-0.39, 0.29) is 0 Å². The fourth-order valence-electron chi connectivity index (χ4n) is 1.50. The third-order valence-electron chi connectivity index (χ3n) is 2.27. The van der Waals surface area contributed by atoms with Gasteiger partial charge in [-0.2, -0.15) is 0 Å². The minimum Gasteiger partial charge on any atom is -0.439 e. The molecule has 0 saturated heterocycles. The summed E-state index contributed by atoms with van der Waals surface area (Å²) < 4.78 is 6.66. The third-order valence-corrected chi connectivity index (χ3v) is 2.96. The monoisotopic (exact) mass is 280 g/mol. The molecule has 0 aliphatic carbocycles. The van der Waals surface area contributed by atoms with Gasteiger partial charge in [-0.25, -0.2) is 4.98 Å². The molecule has 2 rings (SSSR count). The van der Waals surface area contributed by atoms with Crippen LogP contribution in [0, 0.1) is 6.92 Å². The van der Waals surface area contributed by atoms with Crippen molar-refractivity contribution in [2.24, 2.45) is 0 Å². The van der Waals surface area contributed by atoms with E-state index in [1.165, 1.54) is 5.56 Å². The maximum Gasteiger partial charge on any atom is 0.208 e. The summed E-state index contributed by atoms with van der Waals surface area (Å²) in [5.41, 5.74) is 2.24. The summed E-state index contributed by atoms with van der Waals surface area (Å²) >= 11 is 3.51. The van der Waals surface area contributed by atoms with Gasteiger partial charge in [0.1, 0.15) is 0 Å². The molecule has 84 valence electrons. The average Bonchev–Trinajstić information content (AvgIpc) is 2.71. The summed E-state index contributed by atoms with van der Waals surface area (Å²) in [4.78, 5) is 4.20. The quantitative estimate of drug-likeness (QED) is 0.939. The second-order valence-corrected chi connectivity index (χ2v) is 4.49. The van der Waals surface area contributed by atoms with Crippen molar-refractivity contribution in [3.8, 4) is 11.3 Å². The topological polar surface area (TPSA) is 38.1 Å². The highest BCUT2D eigenvalue weighted by atomic mass is 79.9. The van der Waals surface area contributed by atoms with E-state index in [0.29, 0.717) is 12.4 Å². The first kappa shape index (κ1) is 11.4. The van der Waals surface area contributed by atoms with Gasteiger partial charge in [-0.1, -0.05) is 27.6 Å². The minimum atomic E-state index is 0.642. The van der Waals surface area contributed by atoms with Crippen LogP contribution in [0.1, 0.15) is 11.5 Å². The van der Waals surface area contributed by atoms with Crippen LogP contribution in [0.2, 0.25) is 0 Å². The predicted molar refractivity (Wildman–Crippen MR) is 67.1 cm³/mol. The number of aryl methyl sites for hydroxylation is 1. The van der Waals surface area contributed by atoms with Gasteiger partial charge in [0.05, 0.1) is 12.7 Å². The fourth-order valence-corrected chi connectivity index (χ4v) is 1.94. The lowest BCUT2D eigenvalue weighted by atomic mass is 10.1. The normalized spacial score (nSPS) is 10.7. The van der Waals surface area contributed by atoms with Crippen LogP contribution in [0.3, 0.4) is 0 Å². The SMILES string of the molecule is CNCc1ncc(-c2cc(C)ccc2Br)o1. The molecule has 0 saturated carbocycles. The van der Waals surface area contributed by atoms with Crippen molar-refractivity contribution >= 4 is 15.9 Å². The van der Waals surface area contributed by atoms with Gasteiger partial charge in [0.2, 0.25) is 5.89 Å². The van der Waals surface area contributed by atoms with Crippen molar-refractivity contribution < 1.29 is 4.42 Å². The standard InChI is InChI=1S/C12H13BrN2O/c1-8-3-4-10(13)9(5-8)11-6-15-12(16-11)7-14-2/h3-6,14H,7H2,1-2H3. The third kappa shape index (κ3) is 2.33. The van der Waals surface area contributed by atoms with Crippen LogP contribution in [0.15, 0.2) is 33.3 Å². The van der Waals surface area contributed by atoms with Crippen molar-refractivity contribution in [3.63, 3.8) is 0 Å². The Morgan fingerprint density at radius 3 is 3.00 bits per heavy atom. The van der Waals surface area contributed by atoms with Crippen molar-refractivity contribution in [2.75, 3.05) is 7.05 Å². The predicted octanol–water partition coefficient (Wildman–Crippen LogP) is 3.13. The van der Waals surface area contributed by atoms with E-state index in [9.17, 15) is 0 Å². The van der Waals surface area contributed by atoms with E-state index < -0.39 is 0 Å². The van der Waals surface area contributed by atoms with E-state index in [0.717, 1.165) is 15.8 Å². The maximum atomic E-state index is 5.64. The first-order valence-corrected chi connectivity index (χ1v) is 5.86. The number of benzene rings is 1. The summed E-state index contributed by atoms with van der Waals surface area (Å²) in [6.45, 7) is 2.70. The smallest absolute Gasteiger partial charge is 0.208 e. The van der Waals surface area contributed by atoms with Crippen LogP contribution < -0.4 is 5.32 Å². The minimum absolute atomic E-state index is 0.642. The molecule has 1 aromatic heterocycles. The van der Waals surface area contributed by atoms with Crippen LogP contribution in [0.5, 0.6) is 0 Å². The Hall–Kier alpha value is -1.13. The maximum absolute atomic E-state index is 5.64. The van der Waals surface area contributed by atoms with E-state index >= 15 is 0 Å². The van der Waals surface area contributed by atoms with Crippen LogP contribution in [0.25, 0.3) is 11.3 Å². The van der Waals surface area contributed by atoms with Gasteiger partial charge in [0.15, 0.2) is 5.76 Å². The molecule has 0 unspecified atom stereocenters. The van der Waals surface area contributed by atoms with Crippen LogP contribution >= 0.6 is 15.9 Å². The van der Waals surface area contributed by atoms with Gasteiger partial charge in [-0.05, 0) is 26.1 Å². The summed E-state index contributed by atoms with van der Waals surface area (Å²) in [5, 5.41) is 3.01. The van der Waals surface area contributed by atoms with Crippen LogP contribution in [-0.4, -0.2) is 12.0 Å².